The third-order valence-electron chi connectivity index (χ3n) is 7.35. The number of hydrogen-bond donors (Lipinski definition) is 0. The summed E-state index contributed by atoms with van der Waals surface area (Å²) >= 11 is 0. The maximum atomic E-state index is 6.72. The molecule has 0 unspecified atom stereocenters. The maximum Gasteiger partial charge on any atom is 0.260 e. The van der Waals surface area contributed by atoms with Crippen LogP contribution in [0.5, 0.6) is 11.5 Å². The average molecular weight is 431 g/mol. The summed E-state index contributed by atoms with van der Waals surface area (Å²) < 4.78 is 13.2. The standard InChI is InChI=1S/C29H26BNO2/c1-17-13-23-27-25(14-17)32-24-8-6-5-7-21(24)30(27)22-16-26(29(2,3)4)33-28(22)31(23)20-12-11-18-9-10-19(18)15-20/h5-8,11-16H,9-10H2,1-4H3. The molecule has 3 heterocycles. The average Bonchev–Trinajstić information content (AvgIpc) is 3.20. The fourth-order valence-corrected chi connectivity index (χ4v) is 5.55. The van der Waals surface area contributed by atoms with Crippen LogP contribution in [0.25, 0.3) is 0 Å². The van der Waals surface area contributed by atoms with Crippen molar-refractivity contribution in [1.82, 2.24) is 0 Å². The number of para-hydroxylation sites is 1. The zero-order chi connectivity index (χ0) is 22.5. The fourth-order valence-electron chi connectivity index (χ4n) is 5.55. The Balaban J connectivity index is 1.55. The number of ether oxygens (including phenoxy) is 1. The molecule has 3 aromatic carbocycles. The molecule has 162 valence electrons. The van der Waals surface area contributed by atoms with E-state index in [1.807, 2.05) is 6.07 Å². The van der Waals surface area contributed by atoms with Gasteiger partial charge in [-0.15, -0.1) is 0 Å². The van der Waals surface area contributed by atoms with E-state index in [1.54, 1.807) is 0 Å². The van der Waals surface area contributed by atoms with Crippen molar-refractivity contribution < 1.29 is 9.15 Å². The Morgan fingerprint density at radius 1 is 0.848 bits per heavy atom. The summed E-state index contributed by atoms with van der Waals surface area (Å²) in [7, 11) is 0. The Kier molecular flexibility index (Phi) is 3.68. The van der Waals surface area contributed by atoms with Crippen LogP contribution in [0.2, 0.25) is 0 Å². The molecule has 0 bridgehead atoms. The Labute approximate surface area is 195 Å². The number of furan rings is 1. The molecule has 3 aliphatic rings. The number of aryl methyl sites for hydroxylation is 3. The van der Waals surface area contributed by atoms with E-state index < -0.39 is 0 Å². The molecule has 0 saturated carbocycles. The Hall–Kier alpha value is -3.40. The highest BCUT2D eigenvalue weighted by Crippen LogP contribution is 2.44. The summed E-state index contributed by atoms with van der Waals surface area (Å²) in [5, 5.41) is 0. The van der Waals surface area contributed by atoms with Gasteiger partial charge in [-0.25, -0.2) is 0 Å². The number of hydrogen-bond acceptors (Lipinski definition) is 3. The first-order valence-corrected chi connectivity index (χ1v) is 11.9. The second-order valence-corrected chi connectivity index (χ2v) is 10.7. The van der Waals surface area contributed by atoms with Crippen molar-refractivity contribution in [3.05, 3.63) is 83.1 Å². The highest BCUT2D eigenvalue weighted by molar-refractivity contribution is 6.99. The van der Waals surface area contributed by atoms with Gasteiger partial charge < -0.3 is 9.15 Å². The van der Waals surface area contributed by atoms with Gasteiger partial charge in [-0.1, -0.05) is 45.0 Å². The molecule has 2 aliphatic heterocycles. The Bertz CT molecular complexity index is 1460. The molecular formula is C29H26BNO2. The summed E-state index contributed by atoms with van der Waals surface area (Å²) in [6.07, 6.45) is 2.34. The van der Waals surface area contributed by atoms with Gasteiger partial charge in [0.15, 0.2) is 5.88 Å². The second kappa shape index (κ2) is 6.35. The number of fused-ring (bicyclic) bond motifs is 5. The molecule has 0 radical (unpaired) electrons. The summed E-state index contributed by atoms with van der Waals surface area (Å²) in [6.45, 7) is 8.89. The number of benzene rings is 3. The van der Waals surface area contributed by atoms with E-state index in [9.17, 15) is 0 Å². The first kappa shape index (κ1) is 19.1. The van der Waals surface area contributed by atoms with Crippen LogP contribution in [0.3, 0.4) is 0 Å². The van der Waals surface area contributed by atoms with E-state index in [4.69, 9.17) is 9.15 Å². The zero-order valence-electron chi connectivity index (χ0n) is 19.5. The maximum absolute atomic E-state index is 6.72. The Morgan fingerprint density at radius 2 is 1.67 bits per heavy atom. The van der Waals surface area contributed by atoms with Crippen LogP contribution < -0.4 is 26.0 Å². The van der Waals surface area contributed by atoms with Crippen molar-refractivity contribution in [2.75, 3.05) is 4.90 Å². The van der Waals surface area contributed by atoms with Gasteiger partial charge in [-0.2, -0.15) is 0 Å². The van der Waals surface area contributed by atoms with Gasteiger partial charge in [0.05, 0.1) is 0 Å². The minimum atomic E-state index is -0.0842. The normalized spacial score (nSPS) is 15.2. The molecule has 0 saturated heterocycles. The fraction of sp³-hybridized carbons (Fsp3) is 0.241. The minimum absolute atomic E-state index is 0.0842. The van der Waals surface area contributed by atoms with Gasteiger partial charge in [0.1, 0.15) is 17.3 Å². The third-order valence-corrected chi connectivity index (χ3v) is 7.35. The topological polar surface area (TPSA) is 25.6 Å². The van der Waals surface area contributed by atoms with Gasteiger partial charge >= 0.3 is 0 Å². The predicted molar refractivity (Wildman–Crippen MR) is 135 cm³/mol. The van der Waals surface area contributed by atoms with Crippen LogP contribution in [0.1, 0.15) is 43.2 Å². The predicted octanol–water partition coefficient (Wildman–Crippen LogP) is 5.39. The Morgan fingerprint density at radius 3 is 2.42 bits per heavy atom. The highest BCUT2D eigenvalue weighted by atomic mass is 16.5. The lowest BCUT2D eigenvalue weighted by Crippen LogP contribution is -2.59. The second-order valence-electron chi connectivity index (χ2n) is 10.7. The molecule has 1 aliphatic carbocycles. The molecule has 7 rings (SSSR count). The van der Waals surface area contributed by atoms with Crippen molar-refractivity contribution in [2.45, 2.75) is 46.0 Å². The van der Waals surface area contributed by atoms with E-state index in [1.165, 1.54) is 39.5 Å². The number of rotatable bonds is 1. The van der Waals surface area contributed by atoms with Crippen LogP contribution in [0.15, 0.2) is 65.1 Å². The molecule has 0 fully saturated rings. The molecular weight excluding hydrogens is 405 g/mol. The molecule has 1 aromatic heterocycles. The lowest BCUT2D eigenvalue weighted by atomic mass is 9.34. The number of anilines is 3. The molecule has 0 N–H and O–H groups in total. The van der Waals surface area contributed by atoms with Gasteiger partial charge in [0, 0.05) is 16.8 Å². The minimum Gasteiger partial charge on any atom is -0.458 e. The van der Waals surface area contributed by atoms with Crippen molar-refractivity contribution >= 4 is 40.4 Å². The molecule has 4 aromatic rings. The SMILES string of the molecule is Cc1cc2c3c(c1)N(c1ccc4c(c1)CC4)c1oc(C(C)(C)C)cc1B3c1ccccc1O2. The number of nitrogens with zero attached hydrogens (tertiary/aromatic N) is 1. The van der Waals surface area contributed by atoms with Gasteiger partial charge in [-0.3, -0.25) is 4.90 Å². The van der Waals surface area contributed by atoms with Crippen molar-refractivity contribution in [3.8, 4) is 11.5 Å². The molecule has 0 amide bonds. The van der Waals surface area contributed by atoms with Crippen molar-refractivity contribution in [3.63, 3.8) is 0 Å². The van der Waals surface area contributed by atoms with Crippen molar-refractivity contribution in [2.24, 2.45) is 0 Å². The summed E-state index contributed by atoms with van der Waals surface area (Å²) in [5.74, 6) is 3.83. The van der Waals surface area contributed by atoms with E-state index in [0.29, 0.717) is 0 Å². The smallest absolute Gasteiger partial charge is 0.260 e. The molecule has 0 atom stereocenters. The quantitative estimate of drug-likeness (QED) is 0.327. The largest absolute Gasteiger partial charge is 0.458 e. The molecule has 33 heavy (non-hydrogen) atoms. The summed E-state index contributed by atoms with van der Waals surface area (Å²) in [5.41, 5.74) is 9.98. The van der Waals surface area contributed by atoms with Crippen LogP contribution in [0, 0.1) is 6.92 Å². The molecule has 4 heteroatoms. The van der Waals surface area contributed by atoms with Gasteiger partial charge in [0.25, 0.3) is 6.71 Å². The first-order valence-electron chi connectivity index (χ1n) is 11.9. The summed E-state index contributed by atoms with van der Waals surface area (Å²) in [4.78, 5) is 2.32. The van der Waals surface area contributed by atoms with Crippen LogP contribution >= 0.6 is 0 Å². The first-order chi connectivity index (χ1) is 15.9. The van der Waals surface area contributed by atoms with Crippen LogP contribution in [0.4, 0.5) is 17.3 Å². The lowest BCUT2D eigenvalue weighted by Gasteiger charge is -2.38. The van der Waals surface area contributed by atoms with Crippen LogP contribution in [-0.4, -0.2) is 6.71 Å². The van der Waals surface area contributed by atoms with E-state index >= 15 is 0 Å². The summed E-state index contributed by atoms with van der Waals surface area (Å²) in [6, 6.07) is 22.0. The monoisotopic (exact) mass is 431 g/mol. The third kappa shape index (κ3) is 2.64. The van der Waals surface area contributed by atoms with E-state index in [-0.39, 0.29) is 12.1 Å². The molecule has 3 nitrogen and oxygen atoms in total. The van der Waals surface area contributed by atoms with Crippen molar-refractivity contribution in [1.29, 1.82) is 0 Å². The highest BCUT2D eigenvalue weighted by Gasteiger charge is 2.44. The molecule has 0 spiro atoms. The van der Waals surface area contributed by atoms with E-state index in [0.717, 1.165) is 40.9 Å². The van der Waals surface area contributed by atoms with Crippen LogP contribution in [-0.2, 0) is 18.3 Å². The van der Waals surface area contributed by atoms with Gasteiger partial charge in [0.2, 0.25) is 0 Å². The van der Waals surface area contributed by atoms with Gasteiger partial charge in [-0.05, 0) is 89.2 Å². The lowest BCUT2D eigenvalue weighted by molar-refractivity contribution is 0.415. The van der Waals surface area contributed by atoms with E-state index in [2.05, 4.69) is 87.2 Å². The zero-order valence-corrected chi connectivity index (χ0v) is 19.5.